The maximum absolute atomic E-state index is 11.1. The van der Waals surface area contributed by atoms with Crippen molar-refractivity contribution >= 4 is 16.9 Å². The number of rotatable bonds is 3. The highest BCUT2D eigenvalue weighted by Crippen LogP contribution is 2.52. The molecule has 4 heteroatoms. The van der Waals surface area contributed by atoms with Gasteiger partial charge in [-0.15, -0.1) is 0 Å². The zero-order valence-corrected chi connectivity index (χ0v) is 9.31. The number of carboxylic acid groups (broad SMARTS) is 1. The van der Waals surface area contributed by atoms with Gasteiger partial charge in [0.15, 0.2) is 0 Å². The van der Waals surface area contributed by atoms with Crippen LogP contribution in [0.3, 0.4) is 0 Å². The first-order valence-corrected chi connectivity index (χ1v) is 5.70. The van der Waals surface area contributed by atoms with Crippen molar-refractivity contribution in [1.29, 1.82) is 0 Å². The van der Waals surface area contributed by atoms with Crippen molar-refractivity contribution < 1.29 is 9.90 Å². The van der Waals surface area contributed by atoms with E-state index in [1.165, 1.54) is 0 Å². The molecule has 0 bridgehead atoms. The summed E-state index contributed by atoms with van der Waals surface area (Å²) in [5.41, 5.74) is 7.51. The summed E-state index contributed by atoms with van der Waals surface area (Å²) in [7, 11) is 0. The lowest BCUT2D eigenvalue weighted by Crippen LogP contribution is -2.42. The molecule has 3 rings (SSSR count). The highest BCUT2D eigenvalue weighted by molar-refractivity contribution is 5.86. The van der Waals surface area contributed by atoms with Crippen LogP contribution in [0.2, 0.25) is 0 Å². The van der Waals surface area contributed by atoms with Crippen LogP contribution >= 0.6 is 0 Å². The summed E-state index contributed by atoms with van der Waals surface area (Å²) in [6.07, 6.45) is 3.56. The first kappa shape index (κ1) is 10.4. The number of benzene rings is 1. The van der Waals surface area contributed by atoms with Crippen LogP contribution in [0.15, 0.2) is 30.5 Å². The number of hydrogen-bond acceptors (Lipinski definition) is 2. The summed E-state index contributed by atoms with van der Waals surface area (Å²) >= 11 is 0. The monoisotopic (exact) mass is 230 g/mol. The van der Waals surface area contributed by atoms with Gasteiger partial charge in [-0.2, -0.15) is 0 Å². The summed E-state index contributed by atoms with van der Waals surface area (Å²) in [4.78, 5) is 14.3. The first-order valence-electron chi connectivity index (χ1n) is 5.70. The van der Waals surface area contributed by atoms with Gasteiger partial charge in [-0.3, -0.25) is 4.79 Å². The van der Waals surface area contributed by atoms with Crippen molar-refractivity contribution in [3.63, 3.8) is 0 Å². The molecule has 1 unspecified atom stereocenters. The number of aromatic nitrogens is 1. The number of fused-ring (bicyclic) bond motifs is 1. The number of nitrogens with two attached hydrogens (primary N) is 1. The molecule has 0 aliphatic heterocycles. The molecule has 1 aromatic heterocycles. The molecule has 1 saturated carbocycles. The predicted molar refractivity (Wildman–Crippen MR) is 64.8 cm³/mol. The van der Waals surface area contributed by atoms with Gasteiger partial charge >= 0.3 is 5.97 Å². The van der Waals surface area contributed by atoms with Gasteiger partial charge in [-0.1, -0.05) is 18.2 Å². The van der Waals surface area contributed by atoms with Gasteiger partial charge in [0.2, 0.25) is 0 Å². The number of aliphatic carboxylic acids is 1. The van der Waals surface area contributed by atoms with Gasteiger partial charge in [0, 0.05) is 17.1 Å². The minimum Gasteiger partial charge on any atom is -0.480 e. The molecule has 1 heterocycles. The van der Waals surface area contributed by atoms with E-state index in [0.717, 1.165) is 29.3 Å². The topological polar surface area (TPSA) is 79.1 Å². The number of nitrogens with one attached hydrogen (secondary N) is 1. The molecule has 4 nitrogen and oxygen atoms in total. The molecule has 17 heavy (non-hydrogen) atoms. The second-order valence-corrected chi connectivity index (χ2v) is 4.72. The molecule has 1 aliphatic rings. The molecule has 88 valence electrons. The van der Waals surface area contributed by atoms with E-state index in [-0.39, 0.29) is 5.41 Å². The van der Waals surface area contributed by atoms with Crippen LogP contribution in [0.1, 0.15) is 18.4 Å². The molecule has 4 N–H and O–H groups in total. The van der Waals surface area contributed by atoms with Crippen LogP contribution in [0.5, 0.6) is 0 Å². The van der Waals surface area contributed by atoms with Gasteiger partial charge in [-0.25, -0.2) is 0 Å². The van der Waals surface area contributed by atoms with E-state index < -0.39 is 12.0 Å². The standard InChI is InChI=1S/C13H14N2O2/c14-11(12(16)17)13(5-6-13)9-3-1-2-8-4-7-15-10(8)9/h1-4,7,11,15H,5-6,14H2,(H,16,17). The molecule has 2 aromatic rings. The van der Waals surface area contributed by atoms with E-state index in [4.69, 9.17) is 10.8 Å². The van der Waals surface area contributed by atoms with Gasteiger partial charge in [0.05, 0.1) is 0 Å². The molecule has 0 radical (unpaired) electrons. The van der Waals surface area contributed by atoms with Crippen LogP contribution in [-0.4, -0.2) is 22.1 Å². The first-order chi connectivity index (χ1) is 8.15. The lowest BCUT2D eigenvalue weighted by Gasteiger charge is -2.20. The third-order valence-corrected chi connectivity index (χ3v) is 3.77. The van der Waals surface area contributed by atoms with Crippen LogP contribution in [0.4, 0.5) is 0 Å². The summed E-state index contributed by atoms with van der Waals surface area (Å²) < 4.78 is 0. The average Bonchev–Trinajstić information content (AvgIpc) is 2.98. The van der Waals surface area contributed by atoms with Gasteiger partial charge in [0.25, 0.3) is 0 Å². The Kier molecular flexibility index (Phi) is 2.03. The number of hydrogen-bond donors (Lipinski definition) is 3. The molecule has 1 aromatic carbocycles. The lowest BCUT2D eigenvalue weighted by atomic mass is 9.87. The fourth-order valence-electron chi connectivity index (χ4n) is 2.62. The van der Waals surface area contributed by atoms with Gasteiger partial charge < -0.3 is 15.8 Å². The Balaban J connectivity index is 2.15. The van der Waals surface area contributed by atoms with Crippen molar-refractivity contribution in [3.8, 4) is 0 Å². The number of aromatic amines is 1. The van der Waals surface area contributed by atoms with Crippen LogP contribution < -0.4 is 5.73 Å². The highest BCUT2D eigenvalue weighted by Gasteiger charge is 2.53. The molecule has 0 amide bonds. The minimum atomic E-state index is -0.925. The Labute approximate surface area is 98.4 Å². The Morgan fingerprint density at radius 2 is 2.18 bits per heavy atom. The summed E-state index contributed by atoms with van der Waals surface area (Å²) in [5, 5.41) is 10.2. The minimum absolute atomic E-state index is 0.379. The summed E-state index contributed by atoms with van der Waals surface area (Å²) in [5.74, 6) is -0.925. The van der Waals surface area contributed by atoms with Crippen LogP contribution in [-0.2, 0) is 10.2 Å². The Morgan fingerprint density at radius 3 is 2.82 bits per heavy atom. The van der Waals surface area contributed by atoms with Crippen molar-refractivity contribution in [1.82, 2.24) is 4.98 Å². The van der Waals surface area contributed by atoms with Gasteiger partial charge in [0.1, 0.15) is 6.04 Å². The van der Waals surface area contributed by atoms with Crippen LogP contribution in [0, 0.1) is 0 Å². The van der Waals surface area contributed by atoms with E-state index in [1.54, 1.807) is 0 Å². The molecule has 0 saturated heterocycles. The fourth-order valence-corrected chi connectivity index (χ4v) is 2.62. The fraction of sp³-hybridized carbons (Fsp3) is 0.308. The SMILES string of the molecule is NC(C(=O)O)C1(c2cccc3cc[nH]c23)CC1. The largest absolute Gasteiger partial charge is 0.480 e. The molecule has 1 fully saturated rings. The van der Waals surface area contributed by atoms with Crippen molar-refractivity contribution in [3.05, 3.63) is 36.0 Å². The van der Waals surface area contributed by atoms with Crippen molar-refractivity contribution in [2.75, 3.05) is 0 Å². The normalized spacial score (nSPS) is 19.1. The van der Waals surface area contributed by atoms with E-state index in [9.17, 15) is 4.79 Å². The summed E-state index contributed by atoms with van der Waals surface area (Å²) in [6, 6.07) is 7.12. The second-order valence-electron chi connectivity index (χ2n) is 4.72. The van der Waals surface area contributed by atoms with E-state index >= 15 is 0 Å². The zero-order chi connectivity index (χ0) is 12.0. The number of H-pyrrole nitrogens is 1. The molecule has 1 atom stereocenters. The quantitative estimate of drug-likeness (QED) is 0.749. The zero-order valence-electron chi connectivity index (χ0n) is 9.31. The Hall–Kier alpha value is -1.81. The molecular formula is C13H14N2O2. The highest BCUT2D eigenvalue weighted by atomic mass is 16.4. The van der Waals surface area contributed by atoms with Gasteiger partial charge in [-0.05, 0) is 29.9 Å². The molecular weight excluding hydrogens is 216 g/mol. The lowest BCUT2D eigenvalue weighted by molar-refractivity contribution is -0.139. The number of carboxylic acids is 1. The van der Waals surface area contributed by atoms with Crippen molar-refractivity contribution in [2.24, 2.45) is 5.73 Å². The Bertz CT molecular complexity index is 584. The molecule has 0 spiro atoms. The third-order valence-electron chi connectivity index (χ3n) is 3.77. The Morgan fingerprint density at radius 1 is 1.41 bits per heavy atom. The number of para-hydroxylation sites is 1. The number of carbonyl (C=O) groups is 1. The van der Waals surface area contributed by atoms with Crippen LogP contribution in [0.25, 0.3) is 10.9 Å². The maximum atomic E-state index is 11.1. The third kappa shape index (κ3) is 1.37. The predicted octanol–water partition coefficient (Wildman–Crippen LogP) is 1.61. The summed E-state index contributed by atoms with van der Waals surface area (Å²) in [6.45, 7) is 0. The second kappa shape index (κ2) is 3.34. The smallest absolute Gasteiger partial charge is 0.321 e. The van der Waals surface area contributed by atoms with E-state index in [2.05, 4.69) is 4.98 Å². The molecule has 1 aliphatic carbocycles. The van der Waals surface area contributed by atoms with E-state index in [0.29, 0.717) is 0 Å². The van der Waals surface area contributed by atoms with Crippen molar-refractivity contribution in [2.45, 2.75) is 24.3 Å². The average molecular weight is 230 g/mol. The van der Waals surface area contributed by atoms with E-state index in [1.807, 2.05) is 30.5 Å². The maximum Gasteiger partial charge on any atom is 0.321 e.